The quantitative estimate of drug-likeness (QED) is 0.246. The van der Waals surface area contributed by atoms with E-state index < -0.39 is 18.8 Å². The Balaban J connectivity index is 1.28. The lowest BCUT2D eigenvalue weighted by atomic mass is 9.95. The summed E-state index contributed by atoms with van der Waals surface area (Å²) in [6.07, 6.45) is 1.32. The molecule has 2 aliphatic heterocycles. The van der Waals surface area contributed by atoms with Gasteiger partial charge in [0.25, 0.3) is 5.91 Å². The molecule has 1 amide bonds. The second kappa shape index (κ2) is 14.5. The van der Waals surface area contributed by atoms with E-state index in [0.717, 1.165) is 55.4 Å². The smallest absolute Gasteiger partial charge is 0.261 e. The van der Waals surface area contributed by atoms with Gasteiger partial charge in [0.05, 0.1) is 49.4 Å². The maximum atomic E-state index is 14.0. The van der Waals surface area contributed by atoms with Crippen molar-refractivity contribution in [2.45, 2.75) is 25.1 Å². The minimum absolute atomic E-state index is 0.136. The molecule has 1 saturated heterocycles. The fourth-order valence-electron chi connectivity index (χ4n) is 5.89. The molecule has 13 heteroatoms. The molecule has 0 saturated carbocycles. The first kappa shape index (κ1) is 32.4. The molecular weight excluding hydrogens is 635 g/mol. The van der Waals surface area contributed by atoms with Crippen LogP contribution < -0.4 is 14.2 Å². The standard InChI is InChI=1S/C33H36Cl2N4O7/c1-43-28-5-3-22(15-29(28)45-19-24(41)18-40)32-33-26(36-30-16-23(34)6-8-38(30)33)7-9-39(32)31(42)20-46-27-4-2-21(14-25(27)35)17-37-10-12-44-13-11-37/h2-6,8,14-16,24,32,40-41H,7,9-13,17-20H2,1H3/t24-,32?/m1/s1. The van der Waals surface area contributed by atoms with Gasteiger partial charge in [-0.15, -0.1) is 0 Å². The van der Waals surface area contributed by atoms with Crippen LogP contribution in [0.1, 0.15) is 28.6 Å². The molecule has 1 unspecified atom stereocenters. The Labute approximate surface area is 276 Å². The van der Waals surface area contributed by atoms with Crippen molar-refractivity contribution in [2.24, 2.45) is 0 Å². The van der Waals surface area contributed by atoms with Crippen LogP contribution >= 0.6 is 23.2 Å². The fraction of sp³-hybridized carbons (Fsp3) is 0.394. The molecule has 4 heterocycles. The van der Waals surface area contributed by atoms with Gasteiger partial charge in [0.15, 0.2) is 18.1 Å². The van der Waals surface area contributed by atoms with Gasteiger partial charge in [0.1, 0.15) is 24.1 Å². The number of imidazole rings is 1. The second-order valence-electron chi connectivity index (χ2n) is 11.3. The molecule has 6 rings (SSSR count). The zero-order chi connectivity index (χ0) is 32.2. The van der Waals surface area contributed by atoms with Crippen LogP contribution in [0.5, 0.6) is 17.2 Å². The lowest BCUT2D eigenvalue weighted by Gasteiger charge is -2.36. The van der Waals surface area contributed by atoms with Crippen molar-refractivity contribution >= 4 is 34.8 Å². The van der Waals surface area contributed by atoms with Gasteiger partial charge in [-0.3, -0.25) is 9.69 Å². The summed E-state index contributed by atoms with van der Waals surface area (Å²) in [6, 6.07) is 14.1. The summed E-state index contributed by atoms with van der Waals surface area (Å²) in [6.45, 7) is 3.53. The van der Waals surface area contributed by atoms with Crippen molar-refractivity contribution in [3.8, 4) is 17.2 Å². The van der Waals surface area contributed by atoms with Gasteiger partial charge in [-0.2, -0.15) is 0 Å². The molecule has 4 aromatic rings. The zero-order valence-electron chi connectivity index (χ0n) is 25.4. The highest BCUT2D eigenvalue weighted by Crippen LogP contribution is 2.40. The summed E-state index contributed by atoms with van der Waals surface area (Å²) in [5.74, 6) is 1.01. The summed E-state index contributed by atoms with van der Waals surface area (Å²) in [5, 5.41) is 20.2. The van der Waals surface area contributed by atoms with E-state index in [9.17, 15) is 15.0 Å². The summed E-state index contributed by atoms with van der Waals surface area (Å²) in [7, 11) is 1.52. The van der Waals surface area contributed by atoms with Crippen LogP contribution in [0.4, 0.5) is 0 Å². The molecule has 46 heavy (non-hydrogen) atoms. The Bertz CT molecular complexity index is 1690. The topological polar surface area (TPSA) is 118 Å². The first-order valence-electron chi connectivity index (χ1n) is 15.1. The average Bonchev–Trinajstić information content (AvgIpc) is 3.44. The third kappa shape index (κ3) is 7.05. The monoisotopic (exact) mass is 670 g/mol. The van der Waals surface area contributed by atoms with Gasteiger partial charge in [-0.05, 0) is 41.5 Å². The van der Waals surface area contributed by atoms with Crippen molar-refractivity contribution in [2.75, 3.05) is 59.8 Å². The molecule has 2 aliphatic rings. The molecular formula is C33H36Cl2N4O7. The first-order valence-corrected chi connectivity index (χ1v) is 15.9. The molecule has 2 atom stereocenters. The summed E-state index contributed by atoms with van der Waals surface area (Å²) in [5.41, 5.74) is 4.15. The fourth-order valence-corrected chi connectivity index (χ4v) is 6.30. The maximum absolute atomic E-state index is 14.0. The molecule has 0 radical (unpaired) electrons. The number of aliphatic hydroxyl groups is 2. The van der Waals surface area contributed by atoms with E-state index in [1.165, 1.54) is 7.11 Å². The SMILES string of the molecule is COc1ccc(C2c3c(nc4cc(Cl)ccn34)CCN2C(=O)COc2ccc(CN3CCOCC3)cc2Cl)cc1OC[C@H](O)CO. The van der Waals surface area contributed by atoms with Crippen molar-refractivity contribution in [3.63, 3.8) is 0 Å². The number of nitrogens with zero attached hydrogens (tertiary/aromatic N) is 4. The van der Waals surface area contributed by atoms with Crippen LogP contribution in [0.25, 0.3) is 5.65 Å². The number of carbonyl (C=O) groups is 1. The van der Waals surface area contributed by atoms with Gasteiger partial charge >= 0.3 is 0 Å². The highest BCUT2D eigenvalue weighted by molar-refractivity contribution is 6.32. The number of fused-ring (bicyclic) bond motifs is 3. The van der Waals surface area contributed by atoms with E-state index in [1.807, 2.05) is 28.8 Å². The lowest BCUT2D eigenvalue weighted by molar-refractivity contribution is -0.135. The van der Waals surface area contributed by atoms with Crippen LogP contribution in [0.15, 0.2) is 54.7 Å². The highest BCUT2D eigenvalue weighted by atomic mass is 35.5. The van der Waals surface area contributed by atoms with Crippen LogP contribution in [-0.2, 0) is 22.5 Å². The maximum Gasteiger partial charge on any atom is 0.261 e. The number of morpholine rings is 1. The van der Waals surface area contributed by atoms with E-state index >= 15 is 0 Å². The van der Waals surface area contributed by atoms with Gasteiger partial charge in [-0.25, -0.2) is 4.98 Å². The number of aliphatic hydroxyl groups excluding tert-OH is 2. The Hall–Kier alpha value is -3.58. The van der Waals surface area contributed by atoms with Crippen LogP contribution in [0.2, 0.25) is 10.0 Å². The summed E-state index contributed by atoms with van der Waals surface area (Å²) >= 11 is 12.9. The van der Waals surface area contributed by atoms with E-state index in [4.69, 9.17) is 47.1 Å². The van der Waals surface area contributed by atoms with E-state index in [1.54, 1.807) is 35.2 Å². The number of amides is 1. The van der Waals surface area contributed by atoms with Gasteiger partial charge in [0.2, 0.25) is 0 Å². The van der Waals surface area contributed by atoms with E-state index in [2.05, 4.69) is 4.90 Å². The molecule has 0 aliphatic carbocycles. The Morgan fingerprint density at radius 3 is 2.61 bits per heavy atom. The predicted molar refractivity (Wildman–Crippen MR) is 172 cm³/mol. The Morgan fingerprint density at radius 1 is 1.04 bits per heavy atom. The predicted octanol–water partition coefficient (Wildman–Crippen LogP) is 3.77. The molecule has 2 N–H and O–H groups in total. The minimum atomic E-state index is -1.06. The van der Waals surface area contributed by atoms with Crippen molar-refractivity contribution < 1.29 is 34.0 Å². The molecule has 1 fully saturated rings. The van der Waals surface area contributed by atoms with Crippen LogP contribution in [-0.4, -0.2) is 101 Å². The number of rotatable bonds is 11. The van der Waals surface area contributed by atoms with E-state index in [0.29, 0.717) is 45.9 Å². The van der Waals surface area contributed by atoms with Crippen LogP contribution in [0.3, 0.4) is 0 Å². The average molecular weight is 672 g/mol. The highest BCUT2D eigenvalue weighted by Gasteiger charge is 2.36. The zero-order valence-corrected chi connectivity index (χ0v) is 26.9. The number of pyridine rings is 1. The van der Waals surface area contributed by atoms with Gasteiger partial charge in [0, 0.05) is 49.9 Å². The number of carbonyl (C=O) groups excluding carboxylic acids is 1. The number of ether oxygens (including phenoxy) is 4. The number of aromatic nitrogens is 2. The molecule has 11 nitrogen and oxygen atoms in total. The molecule has 2 aromatic heterocycles. The normalized spacial score (nSPS) is 17.5. The number of halogens is 2. The van der Waals surface area contributed by atoms with Crippen molar-refractivity contribution in [1.29, 1.82) is 0 Å². The minimum Gasteiger partial charge on any atom is -0.493 e. The summed E-state index contributed by atoms with van der Waals surface area (Å²) < 4.78 is 24.7. The Kier molecular flexibility index (Phi) is 10.2. The number of benzene rings is 2. The van der Waals surface area contributed by atoms with E-state index in [-0.39, 0.29) is 19.1 Å². The molecule has 2 aromatic carbocycles. The molecule has 244 valence electrons. The number of methoxy groups -OCH3 is 1. The van der Waals surface area contributed by atoms with Gasteiger partial charge in [-0.1, -0.05) is 35.3 Å². The third-order valence-corrected chi connectivity index (χ3v) is 8.72. The Morgan fingerprint density at radius 2 is 1.85 bits per heavy atom. The molecule has 0 bridgehead atoms. The number of hydrogen-bond donors (Lipinski definition) is 2. The third-order valence-electron chi connectivity index (χ3n) is 8.18. The number of hydrogen-bond acceptors (Lipinski definition) is 9. The molecule has 0 spiro atoms. The van der Waals surface area contributed by atoms with Gasteiger partial charge < -0.3 is 38.5 Å². The first-order chi connectivity index (χ1) is 22.3. The second-order valence-corrected chi connectivity index (χ2v) is 12.1. The lowest BCUT2D eigenvalue weighted by Crippen LogP contribution is -2.43. The summed E-state index contributed by atoms with van der Waals surface area (Å²) in [4.78, 5) is 22.9. The van der Waals surface area contributed by atoms with Crippen molar-refractivity contribution in [3.05, 3.63) is 87.3 Å². The largest absolute Gasteiger partial charge is 0.493 e. The van der Waals surface area contributed by atoms with Crippen LogP contribution in [0, 0.1) is 0 Å². The van der Waals surface area contributed by atoms with Crippen molar-refractivity contribution in [1.82, 2.24) is 19.2 Å².